The first kappa shape index (κ1) is 14.9. The van der Waals surface area contributed by atoms with E-state index in [1.54, 1.807) is 24.3 Å². The van der Waals surface area contributed by atoms with Crippen LogP contribution in [0.25, 0.3) is 22.4 Å². The minimum absolute atomic E-state index is 0.141. The minimum atomic E-state index is -0.313. The Kier molecular flexibility index (Phi) is 4.11. The molecule has 0 unspecified atom stereocenters. The van der Waals surface area contributed by atoms with Gasteiger partial charge >= 0.3 is 0 Å². The highest BCUT2D eigenvalue weighted by atomic mass is 19.1. The Labute approximate surface area is 132 Å². The van der Waals surface area contributed by atoms with Gasteiger partial charge in [-0.3, -0.25) is 4.98 Å². The third-order valence-electron chi connectivity index (χ3n) is 3.52. The van der Waals surface area contributed by atoms with E-state index in [1.807, 2.05) is 12.1 Å². The maximum absolute atomic E-state index is 13.1. The average Bonchev–Trinajstić information content (AvgIpc) is 2.57. The molecule has 3 aromatic rings. The number of halogens is 2. The molecule has 0 aliphatic rings. The molecule has 1 heterocycles. The van der Waals surface area contributed by atoms with E-state index < -0.39 is 0 Å². The quantitative estimate of drug-likeness (QED) is 0.699. The lowest BCUT2D eigenvalue weighted by Gasteiger charge is -2.09. The lowest BCUT2D eigenvalue weighted by Crippen LogP contribution is -1.96. The van der Waals surface area contributed by atoms with E-state index in [-0.39, 0.29) is 18.1 Å². The summed E-state index contributed by atoms with van der Waals surface area (Å²) < 4.78 is 26.1. The first-order valence-electron chi connectivity index (χ1n) is 7.06. The van der Waals surface area contributed by atoms with Crippen LogP contribution in [-0.2, 0) is 6.42 Å². The summed E-state index contributed by atoms with van der Waals surface area (Å²) >= 11 is 0. The molecule has 0 saturated carbocycles. The molecule has 0 amide bonds. The Bertz CT molecular complexity index is 863. The molecule has 0 aliphatic carbocycles. The molecule has 0 fully saturated rings. The zero-order valence-corrected chi connectivity index (χ0v) is 12.1. The van der Waals surface area contributed by atoms with Crippen LogP contribution in [0.5, 0.6) is 0 Å². The van der Waals surface area contributed by atoms with E-state index in [4.69, 9.17) is 5.26 Å². The lowest BCUT2D eigenvalue weighted by molar-refractivity contribution is 0.627. The summed E-state index contributed by atoms with van der Waals surface area (Å²) in [7, 11) is 0. The molecule has 0 aliphatic heterocycles. The smallest absolute Gasteiger partial charge is 0.123 e. The fourth-order valence-corrected chi connectivity index (χ4v) is 2.38. The number of nitriles is 1. The molecule has 0 spiro atoms. The second-order valence-electron chi connectivity index (χ2n) is 5.04. The van der Waals surface area contributed by atoms with Crippen molar-refractivity contribution < 1.29 is 8.78 Å². The van der Waals surface area contributed by atoms with Gasteiger partial charge in [0.1, 0.15) is 11.6 Å². The van der Waals surface area contributed by atoms with Gasteiger partial charge in [0.25, 0.3) is 0 Å². The van der Waals surface area contributed by atoms with E-state index >= 15 is 0 Å². The van der Waals surface area contributed by atoms with Crippen molar-refractivity contribution in [2.75, 3.05) is 0 Å². The maximum atomic E-state index is 13.1. The highest BCUT2D eigenvalue weighted by Crippen LogP contribution is 2.27. The Morgan fingerprint density at radius 1 is 0.783 bits per heavy atom. The second kappa shape index (κ2) is 6.37. The van der Waals surface area contributed by atoms with Gasteiger partial charge in [-0.2, -0.15) is 5.26 Å². The minimum Gasteiger partial charge on any atom is -0.251 e. The molecule has 0 radical (unpaired) electrons. The molecule has 1 aromatic heterocycles. The zero-order valence-electron chi connectivity index (χ0n) is 12.1. The Hall–Kier alpha value is -3.06. The maximum Gasteiger partial charge on any atom is 0.123 e. The number of hydrogen-bond acceptors (Lipinski definition) is 2. The third kappa shape index (κ3) is 3.24. The topological polar surface area (TPSA) is 36.7 Å². The summed E-state index contributed by atoms with van der Waals surface area (Å²) in [5.41, 5.74) is 3.64. The molecule has 0 N–H and O–H groups in total. The monoisotopic (exact) mass is 306 g/mol. The van der Waals surface area contributed by atoms with Gasteiger partial charge in [0.05, 0.1) is 23.9 Å². The van der Waals surface area contributed by atoms with Crippen molar-refractivity contribution in [2.24, 2.45) is 0 Å². The highest BCUT2D eigenvalue weighted by molar-refractivity contribution is 5.70. The molecule has 2 aromatic carbocycles. The fraction of sp³-hybridized carbons (Fsp3) is 0.0526. The fourth-order valence-electron chi connectivity index (χ4n) is 2.38. The van der Waals surface area contributed by atoms with Crippen LogP contribution in [0.2, 0.25) is 0 Å². The molecular formula is C19H12F2N2. The van der Waals surface area contributed by atoms with Gasteiger partial charge in [-0.15, -0.1) is 0 Å². The van der Waals surface area contributed by atoms with Gasteiger partial charge in [0, 0.05) is 11.1 Å². The van der Waals surface area contributed by atoms with Crippen LogP contribution < -0.4 is 0 Å². The predicted molar refractivity (Wildman–Crippen MR) is 84.3 cm³/mol. The summed E-state index contributed by atoms with van der Waals surface area (Å²) in [6.07, 6.45) is 0.141. The van der Waals surface area contributed by atoms with E-state index in [0.29, 0.717) is 11.4 Å². The van der Waals surface area contributed by atoms with E-state index in [1.165, 1.54) is 24.3 Å². The van der Waals surface area contributed by atoms with Gasteiger partial charge in [-0.05, 0) is 48.0 Å². The van der Waals surface area contributed by atoms with Crippen molar-refractivity contribution in [2.45, 2.75) is 6.42 Å². The number of aromatic nitrogens is 1. The Morgan fingerprint density at radius 2 is 1.35 bits per heavy atom. The summed E-state index contributed by atoms with van der Waals surface area (Å²) in [5.74, 6) is -0.625. The van der Waals surface area contributed by atoms with Gasteiger partial charge in [0.2, 0.25) is 0 Å². The molecule has 0 atom stereocenters. The summed E-state index contributed by atoms with van der Waals surface area (Å²) in [6, 6.07) is 17.9. The highest BCUT2D eigenvalue weighted by Gasteiger charge is 2.09. The molecule has 0 saturated heterocycles. The van der Waals surface area contributed by atoms with E-state index in [2.05, 4.69) is 11.1 Å². The Morgan fingerprint density at radius 3 is 1.91 bits per heavy atom. The van der Waals surface area contributed by atoms with Crippen molar-refractivity contribution in [3.63, 3.8) is 0 Å². The van der Waals surface area contributed by atoms with Crippen LogP contribution in [-0.4, -0.2) is 4.98 Å². The molecule has 23 heavy (non-hydrogen) atoms. The first-order chi connectivity index (χ1) is 11.2. The van der Waals surface area contributed by atoms with Gasteiger partial charge in [-0.25, -0.2) is 8.78 Å². The molecule has 4 heteroatoms. The summed E-state index contributed by atoms with van der Waals surface area (Å²) in [4.78, 5) is 4.52. The standard InChI is InChI=1S/C19H12F2N2/c20-15-5-1-13(2-6-15)17-9-10-18(23-19(17)11-12-22)14-3-7-16(21)8-4-14/h1-10H,11H2. The van der Waals surface area contributed by atoms with Crippen LogP contribution in [0.3, 0.4) is 0 Å². The number of rotatable bonds is 3. The summed E-state index contributed by atoms with van der Waals surface area (Å²) in [6.45, 7) is 0. The van der Waals surface area contributed by atoms with E-state index in [9.17, 15) is 8.78 Å². The Balaban J connectivity index is 2.06. The molecular weight excluding hydrogens is 294 g/mol. The molecule has 2 nitrogen and oxygen atoms in total. The number of hydrogen-bond donors (Lipinski definition) is 0. The lowest BCUT2D eigenvalue weighted by atomic mass is 10.0. The van der Waals surface area contributed by atoms with Crippen molar-refractivity contribution in [1.82, 2.24) is 4.98 Å². The van der Waals surface area contributed by atoms with Gasteiger partial charge in [-0.1, -0.05) is 18.2 Å². The van der Waals surface area contributed by atoms with Crippen molar-refractivity contribution >= 4 is 0 Å². The normalized spacial score (nSPS) is 10.3. The zero-order chi connectivity index (χ0) is 16.2. The summed E-state index contributed by atoms with van der Waals surface area (Å²) in [5, 5.41) is 9.03. The molecule has 3 rings (SSSR count). The van der Waals surface area contributed by atoms with Crippen LogP contribution in [0.15, 0.2) is 60.7 Å². The first-order valence-corrected chi connectivity index (χ1v) is 7.06. The van der Waals surface area contributed by atoms with Crippen LogP contribution >= 0.6 is 0 Å². The van der Waals surface area contributed by atoms with Gasteiger partial charge < -0.3 is 0 Å². The van der Waals surface area contributed by atoms with E-state index in [0.717, 1.165) is 16.7 Å². The van der Waals surface area contributed by atoms with Gasteiger partial charge in [0.15, 0.2) is 0 Å². The molecule has 0 bridgehead atoms. The second-order valence-corrected chi connectivity index (χ2v) is 5.04. The molecule has 112 valence electrons. The third-order valence-corrected chi connectivity index (χ3v) is 3.52. The number of pyridine rings is 1. The SMILES string of the molecule is N#CCc1nc(-c2ccc(F)cc2)ccc1-c1ccc(F)cc1. The van der Waals surface area contributed by atoms with Crippen LogP contribution in [0, 0.1) is 23.0 Å². The average molecular weight is 306 g/mol. The predicted octanol–water partition coefficient (Wildman–Crippen LogP) is 4.76. The van der Waals surface area contributed by atoms with Crippen molar-refractivity contribution in [1.29, 1.82) is 5.26 Å². The van der Waals surface area contributed by atoms with Crippen LogP contribution in [0.1, 0.15) is 5.69 Å². The van der Waals surface area contributed by atoms with Crippen molar-refractivity contribution in [3.05, 3.63) is 78.0 Å². The van der Waals surface area contributed by atoms with Crippen LogP contribution in [0.4, 0.5) is 8.78 Å². The largest absolute Gasteiger partial charge is 0.251 e. The number of benzene rings is 2. The number of nitrogens with zero attached hydrogens (tertiary/aromatic N) is 2. The van der Waals surface area contributed by atoms with Crippen molar-refractivity contribution in [3.8, 4) is 28.5 Å².